The predicted molar refractivity (Wildman–Crippen MR) is 186 cm³/mol. The van der Waals surface area contributed by atoms with Crippen molar-refractivity contribution in [2.24, 2.45) is 18.9 Å². The second kappa shape index (κ2) is 14.5. The van der Waals surface area contributed by atoms with Crippen molar-refractivity contribution in [3.8, 4) is 17.4 Å². The molecule has 5 heterocycles. The first-order valence-corrected chi connectivity index (χ1v) is 18.7. The van der Waals surface area contributed by atoms with Crippen molar-refractivity contribution in [3.63, 3.8) is 0 Å². The van der Waals surface area contributed by atoms with E-state index in [0.717, 1.165) is 61.6 Å². The Morgan fingerprint density at radius 2 is 1.92 bits per heavy atom. The average molecular weight is 704 g/mol. The normalized spacial score (nSPS) is 27.6. The maximum atomic E-state index is 14.5. The van der Waals surface area contributed by atoms with Gasteiger partial charge in [0, 0.05) is 32.0 Å². The van der Waals surface area contributed by atoms with Gasteiger partial charge in [-0.05, 0) is 62.0 Å². The number of fused-ring (bicyclic) bond motifs is 3. The van der Waals surface area contributed by atoms with E-state index in [-0.39, 0.29) is 30.7 Å². The van der Waals surface area contributed by atoms with Gasteiger partial charge in [0.25, 0.3) is 0 Å². The molecule has 4 aliphatic rings. The first-order valence-electron chi connectivity index (χ1n) is 17.8. The van der Waals surface area contributed by atoms with Crippen LogP contribution in [0.3, 0.4) is 0 Å². The maximum absolute atomic E-state index is 14.5. The molecule has 3 fully saturated rings. The van der Waals surface area contributed by atoms with Gasteiger partial charge in [0.2, 0.25) is 23.6 Å². The Bertz CT molecular complexity index is 1780. The number of hydrogen-bond acceptors (Lipinski definition) is 10. The monoisotopic (exact) mass is 703 g/mol. The fourth-order valence-electron chi connectivity index (χ4n) is 7.83. The van der Waals surface area contributed by atoms with E-state index < -0.39 is 35.6 Å². The highest BCUT2D eigenvalue weighted by atomic mass is 32.1. The summed E-state index contributed by atoms with van der Waals surface area (Å²) in [5.74, 6) is -0.442. The van der Waals surface area contributed by atoms with Crippen LogP contribution >= 0.6 is 11.3 Å². The molecule has 0 radical (unpaired) electrons. The number of thiophene rings is 1. The van der Waals surface area contributed by atoms with Crippen LogP contribution in [-0.2, 0) is 31.0 Å². The van der Waals surface area contributed by atoms with E-state index in [1.54, 1.807) is 10.9 Å². The van der Waals surface area contributed by atoms with Crippen molar-refractivity contribution in [3.05, 3.63) is 35.9 Å². The van der Waals surface area contributed by atoms with Crippen LogP contribution in [0.5, 0.6) is 5.88 Å². The molecule has 0 bridgehead atoms. The predicted octanol–water partition coefficient (Wildman–Crippen LogP) is 4.07. The molecule has 266 valence electrons. The van der Waals surface area contributed by atoms with Gasteiger partial charge in [0.1, 0.15) is 34.1 Å². The number of amides is 3. The number of rotatable bonds is 7. The highest BCUT2D eigenvalue weighted by molar-refractivity contribution is 7.17. The first kappa shape index (κ1) is 34.1. The fraction of sp³-hybridized carbons (Fsp3) is 0.583. The largest absolute Gasteiger partial charge is 0.471 e. The summed E-state index contributed by atoms with van der Waals surface area (Å²) in [6.07, 6.45) is 14.3. The van der Waals surface area contributed by atoms with Crippen molar-refractivity contribution >= 4 is 45.2 Å². The summed E-state index contributed by atoms with van der Waals surface area (Å²) in [4.78, 5) is 66.1. The number of aryl methyl sites for hydroxylation is 1. The van der Waals surface area contributed by atoms with Crippen molar-refractivity contribution in [1.82, 2.24) is 35.3 Å². The average Bonchev–Trinajstić information content (AvgIpc) is 3.71. The molecule has 2 N–H and O–H groups in total. The van der Waals surface area contributed by atoms with Crippen LogP contribution < -0.4 is 15.4 Å². The lowest BCUT2D eigenvalue weighted by Crippen LogP contribution is -2.56. The molecule has 3 aromatic heterocycles. The molecule has 14 heteroatoms. The number of carbonyl (C=O) groups is 4. The number of carbonyl (C=O) groups excluding carboxylic acids is 4. The molecule has 2 saturated carbocycles. The lowest BCUT2D eigenvalue weighted by Gasteiger charge is -2.30. The van der Waals surface area contributed by atoms with Gasteiger partial charge in [-0.25, -0.2) is 9.78 Å². The lowest BCUT2D eigenvalue weighted by atomic mass is 10.0. The number of ether oxygens (including phenoxy) is 2. The summed E-state index contributed by atoms with van der Waals surface area (Å²) in [6.45, 7) is 0.110. The molecular weight excluding hydrogens is 659 g/mol. The molecule has 3 amide bonds. The zero-order valence-corrected chi connectivity index (χ0v) is 29.5. The molecular formula is C36H45N7O6S. The molecule has 0 spiro atoms. The van der Waals surface area contributed by atoms with Gasteiger partial charge in [0.15, 0.2) is 5.82 Å². The molecule has 50 heavy (non-hydrogen) atoms. The van der Waals surface area contributed by atoms with Crippen molar-refractivity contribution < 1.29 is 28.7 Å². The second-order valence-electron chi connectivity index (χ2n) is 14.1. The summed E-state index contributed by atoms with van der Waals surface area (Å²) < 4.78 is 14.2. The van der Waals surface area contributed by atoms with Gasteiger partial charge in [-0.1, -0.05) is 37.8 Å². The first-order chi connectivity index (χ1) is 24.3. The Morgan fingerprint density at radius 3 is 2.70 bits per heavy atom. The summed E-state index contributed by atoms with van der Waals surface area (Å²) >= 11 is 1.45. The number of aromatic nitrogens is 4. The minimum absolute atomic E-state index is 0.110. The highest BCUT2D eigenvalue weighted by Gasteiger charge is 2.62. The van der Waals surface area contributed by atoms with Gasteiger partial charge in [-0.2, -0.15) is 10.1 Å². The Labute approximate surface area is 295 Å². The fourth-order valence-corrected chi connectivity index (χ4v) is 8.59. The third-order valence-electron chi connectivity index (χ3n) is 10.7. The number of nitrogens with zero attached hydrogens (tertiary/aromatic N) is 5. The van der Waals surface area contributed by atoms with Crippen molar-refractivity contribution in [2.45, 2.75) is 101 Å². The Morgan fingerprint density at radius 1 is 1.10 bits per heavy atom. The highest BCUT2D eigenvalue weighted by Crippen LogP contribution is 2.46. The molecule has 1 saturated heterocycles. The summed E-state index contributed by atoms with van der Waals surface area (Å²) in [7, 11) is 3.13. The van der Waals surface area contributed by atoms with Crippen LogP contribution in [0.15, 0.2) is 35.9 Å². The number of nitrogens with one attached hydrogen (secondary N) is 2. The standard InChI is InChI=1S/C36H45N7O6S/c1-42-27(14-16-37-42)31-39-25-15-17-50-30(25)33(40-31)49-24-19-28-32(45)41-36(35(47)48-2)20-23(36)12-6-4-3-5-7-13-26(34(46)43(28)21-24)38-29(44)18-22-10-8-9-11-22/h6,12,14-17,22-24,26,28H,3-5,7-11,13,18-21H2,1-2H3,(H,38,44)(H,41,45)/t23-,24-,26+,28+,36-/m1/s1. The molecule has 0 aromatic carbocycles. The number of methoxy groups -OCH3 is 1. The van der Waals surface area contributed by atoms with Crippen LogP contribution in [0.2, 0.25) is 0 Å². The smallest absolute Gasteiger partial charge is 0.332 e. The van der Waals surface area contributed by atoms with E-state index >= 15 is 0 Å². The zero-order valence-electron chi connectivity index (χ0n) is 28.6. The van der Waals surface area contributed by atoms with E-state index in [9.17, 15) is 19.2 Å². The second-order valence-corrected chi connectivity index (χ2v) is 15.0. The van der Waals surface area contributed by atoms with E-state index in [4.69, 9.17) is 19.4 Å². The van der Waals surface area contributed by atoms with Crippen LogP contribution in [-0.4, -0.2) is 85.7 Å². The number of hydrogen-bond donors (Lipinski definition) is 2. The van der Waals surface area contributed by atoms with Crippen molar-refractivity contribution in [1.29, 1.82) is 0 Å². The molecule has 13 nitrogen and oxygen atoms in total. The quantitative estimate of drug-likeness (QED) is 0.273. The van der Waals surface area contributed by atoms with Gasteiger partial charge in [-0.15, -0.1) is 11.3 Å². The third kappa shape index (κ3) is 6.99. The van der Waals surface area contributed by atoms with Crippen molar-refractivity contribution in [2.75, 3.05) is 13.7 Å². The summed E-state index contributed by atoms with van der Waals surface area (Å²) in [6, 6.07) is 2.01. The SMILES string of the molecule is COC(=O)[C@@]12C[C@H]1C=CCCCCC[C@H](NC(=O)CC1CCCC1)C(=O)N1C[C@H](Oc3nc(-c4ccnn4C)nc4ccsc34)C[C@H]1C(=O)N2. The molecule has 2 aliphatic heterocycles. The third-order valence-corrected chi connectivity index (χ3v) is 11.6. The van der Waals surface area contributed by atoms with Gasteiger partial charge < -0.3 is 25.0 Å². The van der Waals surface area contributed by atoms with Crippen LogP contribution in [0.1, 0.15) is 77.0 Å². The maximum Gasteiger partial charge on any atom is 0.332 e. The Hall–Kier alpha value is -4.33. The van der Waals surface area contributed by atoms with Gasteiger partial charge >= 0.3 is 5.97 Å². The Kier molecular flexibility index (Phi) is 9.89. The molecule has 3 aromatic rings. The van der Waals surface area contributed by atoms with Crippen LogP contribution in [0.4, 0.5) is 0 Å². The molecule has 7 rings (SSSR count). The van der Waals surface area contributed by atoms with E-state index in [0.29, 0.717) is 42.6 Å². The van der Waals surface area contributed by atoms with E-state index in [1.807, 2.05) is 30.6 Å². The molecule has 0 unspecified atom stereocenters. The minimum atomic E-state index is -1.18. The van der Waals surface area contributed by atoms with Crippen LogP contribution in [0, 0.1) is 11.8 Å². The Balaban J connectivity index is 1.18. The van der Waals surface area contributed by atoms with Crippen LogP contribution in [0.25, 0.3) is 21.7 Å². The number of allylic oxidation sites excluding steroid dienone is 1. The summed E-state index contributed by atoms with van der Waals surface area (Å²) in [5, 5.41) is 12.2. The van der Waals surface area contributed by atoms with Gasteiger partial charge in [-0.3, -0.25) is 19.1 Å². The lowest BCUT2D eigenvalue weighted by molar-refractivity contribution is -0.148. The van der Waals surface area contributed by atoms with E-state index in [1.165, 1.54) is 23.3 Å². The topological polar surface area (TPSA) is 158 Å². The van der Waals surface area contributed by atoms with E-state index in [2.05, 4.69) is 21.8 Å². The molecule has 2 aliphatic carbocycles. The van der Waals surface area contributed by atoms with Gasteiger partial charge in [0.05, 0.1) is 19.2 Å². The zero-order chi connectivity index (χ0) is 34.8. The summed E-state index contributed by atoms with van der Waals surface area (Å²) in [5.41, 5.74) is 0.253. The minimum Gasteiger partial charge on any atom is -0.471 e. The number of esters is 1. The molecule has 5 atom stereocenters.